The molecule has 14 nitrogen and oxygen atoms in total. The minimum atomic E-state index is -1.66. The highest BCUT2D eigenvalue weighted by atomic mass is 79.9. The molecule has 0 heterocycles. The second kappa shape index (κ2) is 30.3. The van der Waals surface area contributed by atoms with Crippen LogP contribution in [0, 0.1) is 53.4 Å². The molecule has 4 N–H and O–H groups in total. The number of ether oxygens (including phenoxy) is 2. The number of hydrogen-bond donors (Lipinski definition) is 4. The predicted octanol–water partition coefficient (Wildman–Crippen LogP) is 13.3. The number of halogens is 1. The van der Waals surface area contributed by atoms with Gasteiger partial charge in [-0.1, -0.05) is 124 Å². The quantitative estimate of drug-likeness (QED) is 0.0343. The SMILES string of the molecule is COc1ccc(C(=O)C(C(=O)Nc2ccc(C)cc2)C(C(=O)Nc2cc(C)cc(C)c2)C(=O)c2ccccc2)cc1.COc1ccc(C(=O)CC(=O)Nc2ccc(C)cc2)cc1.Cc1cc(C)cc(NC(=O)C(Br)C(=O)c2ccccc2)c1. The first-order valence-electron chi connectivity index (χ1n) is 26.4. The lowest BCUT2D eigenvalue weighted by atomic mass is 9.79. The van der Waals surface area contributed by atoms with Crippen LogP contribution in [0.5, 0.6) is 11.5 Å². The lowest BCUT2D eigenvalue weighted by molar-refractivity contribution is -0.126. The summed E-state index contributed by atoms with van der Waals surface area (Å²) in [4.78, 5) is 103. The van der Waals surface area contributed by atoms with Crippen molar-refractivity contribution in [3.8, 4) is 11.5 Å². The lowest BCUT2D eigenvalue weighted by Crippen LogP contribution is -2.45. The highest BCUT2D eigenvalue weighted by molar-refractivity contribution is 9.10. The van der Waals surface area contributed by atoms with E-state index in [9.17, 15) is 38.4 Å². The Morgan fingerprint density at radius 3 is 1.10 bits per heavy atom. The summed E-state index contributed by atoms with van der Waals surface area (Å²) in [5.74, 6) is -6.10. The second-order valence-corrected chi connectivity index (χ2v) is 20.6. The largest absolute Gasteiger partial charge is 0.497 e. The van der Waals surface area contributed by atoms with Crippen LogP contribution in [0.2, 0.25) is 0 Å². The van der Waals surface area contributed by atoms with Crippen LogP contribution in [0.4, 0.5) is 22.7 Å². The van der Waals surface area contributed by atoms with Crippen LogP contribution in [0.15, 0.2) is 194 Å². The number of aryl methyl sites for hydroxylation is 6. The normalized spacial score (nSPS) is 11.5. The number of alkyl halides is 1. The van der Waals surface area contributed by atoms with E-state index in [2.05, 4.69) is 37.2 Å². The van der Waals surface area contributed by atoms with E-state index in [1.807, 2.05) is 108 Å². The summed E-state index contributed by atoms with van der Waals surface area (Å²) in [5, 5.41) is 11.0. The number of rotatable bonds is 19. The Kier molecular flexibility index (Phi) is 22.8. The van der Waals surface area contributed by atoms with E-state index in [0.717, 1.165) is 33.4 Å². The highest BCUT2D eigenvalue weighted by Gasteiger charge is 2.44. The van der Waals surface area contributed by atoms with Gasteiger partial charge in [0.1, 0.15) is 23.3 Å². The summed E-state index contributed by atoms with van der Waals surface area (Å²) in [5.41, 5.74) is 9.72. The molecule has 424 valence electrons. The Balaban J connectivity index is 0.000000221. The molecule has 15 heteroatoms. The number of amides is 4. The van der Waals surface area contributed by atoms with E-state index in [-0.39, 0.29) is 40.9 Å². The van der Waals surface area contributed by atoms with E-state index in [0.29, 0.717) is 45.4 Å². The zero-order valence-electron chi connectivity index (χ0n) is 47.4. The standard InChI is InChI=1S/C34H32N2O5.C17H16BrNO2.C17H17NO3/c1-21-10-14-26(15-11-21)35-33(39)30(32(38)25-12-16-28(41-4)17-13-25)29(31(37)24-8-6-5-7-9-24)34(40)36-27-19-22(2)18-23(3)20-27;1-11-8-12(2)10-14(9-11)19-17(21)15(18)16(20)13-6-4-3-5-7-13;1-12-3-7-14(8-4-12)18-17(20)11-16(19)13-5-9-15(21-2)10-6-13/h5-20,29-30H,1-4H3,(H,35,39)(H,36,40);3-10,15H,1-2H3,(H,19,21);3-10H,11H2,1-2H3,(H,18,20). The van der Waals surface area contributed by atoms with E-state index in [4.69, 9.17) is 9.47 Å². The molecule has 8 aromatic carbocycles. The fourth-order valence-corrected chi connectivity index (χ4v) is 9.05. The molecular weight excluding hydrogens is 1110 g/mol. The highest BCUT2D eigenvalue weighted by Crippen LogP contribution is 2.28. The molecule has 83 heavy (non-hydrogen) atoms. The van der Waals surface area contributed by atoms with Gasteiger partial charge in [-0.3, -0.25) is 38.4 Å². The summed E-state index contributed by atoms with van der Waals surface area (Å²) >= 11 is 3.18. The maximum absolute atomic E-state index is 14.0. The minimum Gasteiger partial charge on any atom is -0.497 e. The third kappa shape index (κ3) is 18.7. The molecule has 0 saturated heterocycles. The number of Topliss-reactive ketones (excluding diaryl/α,β-unsaturated/α-hetero) is 4. The molecular formula is C68H65BrN4O10. The number of carbonyl (C=O) groups excluding carboxylic acids is 8. The summed E-state index contributed by atoms with van der Waals surface area (Å²) in [6, 6.07) is 55.6. The Morgan fingerprint density at radius 1 is 0.361 bits per heavy atom. The van der Waals surface area contributed by atoms with Crippen molar-refractivity contribution in [3.63, 3.8) is 0 Å². The third-order valence-corrected chi connectivity index (χ3v) is 13.6. The van der Waals surface area contributed by atoms with Crippen molar-refractivity contribution >= 4 is 85.4 Å². The van der Waals surface area contributed by atoms with Gasteiger partial charge in [0.15, 0.2) is 28.0 Å². The van der Waals surface area contributed by atoms with Crippen LogP contribution in [0.1, 0.15) is 81.2 Å². The Morgan fingerprint density at radius 2 is 0.699 bits per heavy atom. The van der Waals surface area contributed by atoms with Crippen molar-refractivity contribution in [2.45, 2.75) is 52.8 Å². The van der Waals surface area contributed by atoms with E-state index < -0.39 is 40.0 Å². The monoisotopic (exact) mass is 1180 g/mol. The first kappa shape index (κ1) is 62.6. The molecule has 0 radical (unpaired) electrons. The third-order valence-electron chi connectivity index (χ3n) is 12.8. The summed E-state index contributed by atoms with van der Waals surface area (Å²) < 4.78 is 10.2. The van der Waals surface area contributed by atoms with Crippen LogP contribution >= 0.6 is 15.9 Å². The fraction of sp³-hybridized carbons (Fsp3) is 0.176. The Bertz CT molecular complexity index is 3530. The van der Waals surface area contributed by atoms with Crippen molar-refractivity contribution in [3.05, 3.63) is 250 Å². The van der Waals surface area contributed by atoms with E-state index >= 15 is 0 Å². The van der Waals surface area contributed by atoms with Gasteiger partial charge >= 0.3 is 0 Å². The van der Waals surface area contributed by atoms with Gasteiger partial charge in [0.05, 0.1) is 20.6 Å². The average Bonchev–Trinajstić information content (AvgIpc) is 3.61. The molecule has 0 aliphatic rings. The van der Waals surface area contributed by atoms with Gasteiger partial charge in [0, 0.05) is 45.0 Å². The Hall–Kier alpha value is -9.60. The molecule has 0 bridgehead atoms. The molecule has 0 spiro atoms. The maximum Gasteiger partial charge on any atom is 0.246 e. The second-order valence-electron chi connectivity index (χ2n) is 19.7. The number of ketones is 4. The number of hydrogen-bond acceptors (Lipinski definition) is 10. The van der Waals surface area contributed by atoms with Gasteiger partial charge in [-0.05, 0) is 161 Å². The zero-order chi connectivity index (χ0) is 60.2. The van der Waals surface area contributed by atoms with Gasteiger partial charge in [0.2, 0.25) is 23.6 Å². The van der Waals surface area contributed by atoms with Crippen molar-refractivity contribution in [2.75, 3.05) is 35.5 Å². The number of benzene rings is 8. The van der Waals surface area contributed by atoms with E-state index in [1.54, 1.807) is 122 Å². The van der Waals surface area contributed by atoms with Gasteiger partial charge in [-0.15, -0.1) is 0 Å². The molecule has 0 fully saturated rings. The van der Waals surface area contributed by atoms with Crippen LogP contribution < -0.4 is 30.7 Å². The zero-order valence-corrected chi connectivity index (χ0v) is 49.0. The van der Waals surface area contributed by atoms with Crippen LogP contribution in [0.25, 0.3) is 0 Å². The van der Waals surface area contributed by atoms with Gasteiger partial charge < -0.3 is 30.7 Å². The Labute approximate surface area is 492 Å². The molecule has 8 rings (SSSR count). The van der Waals surface area contributed by atoms with Crippen LogP contribution in [-0.4, -0.2) is 65.8 Å². The van der Waals surface area contributed by atoms with Crippen LogP contribution in [0.3, 0.4) is 0 Å². The smallest absolute Gasteiger partial charge is 0.246 e. The maximum atomic E-state index is 14.0. The molecule has 4 amide bonds. The summed E-state index contributed by atoms with van der Waals surface area (Å²) in [7, 11) is 3.06. The van der Waals surface area contributed by atoms with Gasteiger partial charge in [0.25, 0.3) is 0 Å². The molecule has 8 aromatic rings. The van der Waals surface area contributed by atoms with Crippen molar-refractivity contribution in [2.24, 2.45) is 11.8 Å². The van der Waals surface area contributed by atoms with Gasteiger partial charge in [-0.25, -0.2) is 0 Å². The molecule has 3 atom stereocenters. The van der Waals surface area contributed by atoms with Crippen molar-refractivity contribution in [1.29, 1.82) is 0 Å². The average molecular weight is 1180 g/mol. The predicted molar refractivity (Wildman–Crippen MR) is 329 cm³/mol. The van der Waals surface area contributed by atoms with Crippen molar-refractivity contribution in [1.82, 2.24) is 0 Å². The number of nitrogens with one attached hydrogen (secondary N) is 4. The number of anilines is 4. The number of carbonyl (C=O) groups is 8. The van der Waals surface area contributed by atoms with Gasteiger partial charge in [-0.2, -0.15) is 0 Å². The molecule has 0 aromatic heterocycles. The van der Waals surface area contributed by atoms with Crippen molar-refractivity contribution < 1.29 is 47.8 Å². The summed E-state index contributed by atoms with van der Waals surface area (Å²) in [6.45, 7) is 11.6. The summed E-state index contributed by atoms with van der Waals surface area (Å²) in [6.07, 6.45) is -0.180. The molecule has 3 unspecified atom stereocenters. The molecule has 0 saturated carbocycles. The first-order valence-corrected chi connectivity index (χ1v) is 27.3. The fourth-order valence-electron chi connectivity index (χ4n) is 8.67. The first-order chi connectivity index (χ1) is 39.7. The minimum absolute atomic E-state index is 0.167. The molecule has 0 aliphatic heterocycles. The topological polar surface area (TPSA) is 203 Å². The molecule has 0 aliphatic carbocycles. The van der Waals surface area contributed by atoms with E-state index in [1.165, 1.54) is 19.2 Å². The number of methoxy groups -OCH3 is 2. The van der Waals surface area contributed by atoms with Crippen LogP contribution in [-0.2, 0) is 19.2 Å². The lowest BCUT2D eigenvalue weighted by Gasteiger charge is -2.24.